The van der Waals surface area contributed by atoms with Gasteiger partial charge in [-0.1, -0.05) is 48.0 Å². The molecule has 0 saturated carbocycles. The molecule has 0 bridgehead atoms. The van der Waals surface area contributed by atoms with Gasteiger partial charge in [0.2, 0.25) is 5.78 Å². The second kappa shape index (κ2) is 9.06. The smallest absolute Gasteiger partial charge is 0.331 e. The van der Waals surface area contributed by atoms with Crippen molar-refractivity contribution in [2.45, 2.75) is 27.3 Å². The van der Waals surface area contributed by atoms with Gasteiger partial charge in [0.05, 0.1) is 12.2 Å². The van der Waals surface area contributed by atoms with Crippen LogP contribution in [0.3, 0.4) is 0 Å². The topological polar surface area (TPSA) is 77.0 Å². The predicted molar refractivity (Wildman–Crippen MR) is 125 cm³/mol. The summed E-state index contributed by atoms with van der Waals surface area (Å²) in [6.45, 7) is 6.28. The number of fused-ring (bicyclic) bond motifs is 1. The van der Waals surface area contributed by atoms with E-state index >= 15 is 0 Å². The summed E-state index contributed by atoms with van der Waals surface area (Å²) >= 11 is 0. The Morgan fingerprint density at radius 3 is 2.59 bits per heavy atom. The Morgan fingerprint density at radius 2 is 1.81 bits per heavy atom. The molecule has 6 nitrogen and oxygen atoms in total. The Labute approximate surface area is 186 Å². The van der Waals surface area contributed by atoms with E-state index in [1.165, 1.54) is 11.6 Å². The molecule has 0 aliphatic heterocycles. The number of carbonyl (C=O) groups is 2. The predicted octanol–water partition coefficient (Wildman–Crippen LogP) is 4.78. The highest BCUT2D eigenvalue weighted by Crippen LogP contribution is 2.19. The van der Waals surface area contributed by atoms with Crippen molar-refractivity contribution in [2.24, 2.45) is 0 Å². The van der Waals surface area contributed by atoms with Gasteiger partial charge in [-0.2, -0.15) is 5.10 Å². The van der Waals surface area contributed by atoms with Crippen LogP contribution in [-0.2, 0) is 16.1 Å². The molecular formula is C26H25N3O3. The second-order valence-electron chi connectivity index (χ2n) is 7.84. The van der Waals surface area contributed by atoms with Gasteiger partial charge in [-0.15, -0.1) is 0 Å². The lowest BCUT2D eigenvalue weighted by Gasteiger charge is -2.05. The summed E-state index contributed by atoms with van der Waals surface area (Å²) in [4.78, 5) is 27.7. The average Bonchev–Trinajstić information content (AvgIpc) is 3.33. The molecule has 0 aliphatic rings. The lowest BCUT2D eigenvalue weighted by molar-refractivity contribution is -0.136. The third-order valence-electron chi connectivity index (χ3n) is 5.51. The number of Topliss-reactive ketones (excluding diaryl/α,β-unsaturated/α-hetero) is 1. The molecule has 4 aromatic rings. The number of hydrogen-bond donors (Lipinski definition) is 1. The molecule has 0 atom stereocenters. The van der Waals surface area contributed by atoms with Gasteiger partial charge >= 0.3 is 5.97 Å². The number of aromatic amines is 1. The number of hydrogen-bond acceptors (Lipinski definition) is 4. The van der Waals surface area contributed by atoms with Crippen LogP contribution in [0.25, 0.3) is 17.0 Å². The third-order valence-corrected chi connectivity index (χ3v) is 5.51. The van der Waals surface area contributed by atoms with Crippen LogP contribution in [0.2, 0.25) is 0 Å². The van der Waals surface area contributed by atoms with Crippen molar-refractivity contribution in [2.75, 3.05) is 6.61 Å². The van der Waals surface area contributed by atoms with Gasteiger partial charge in [-0.25, -0.2) is 4.79 Å². The SMILES string of the molecule is Cc1ccc(Cn2nc(C)c(/C=C/C(=O)OCC(=O)c3c[nH]c4ccccc34)c2C)cc1. The Morgan fingerprint density at radius 1 is 1.06 bits per heavy atom. The van der Waals surface area contributed by atoms with Crippen molar-refractivity contribution in [3.63, 3.8) is 0 Å². The number of ketones is 1. The van der Waals surface area contributed by atoms with Gasteiger partial charge in [0, 0.05) is 40.0 Å². The fourth-order valence-corrected chi connectivity index (χ4v) is 3.69. The van der Waals surface area contributed by atoms with Crippen molar-refractivity contribution >= 4 is 28.7 Å². The quantitative estimate of drug-likeness (QED) is 0.262. The Kier molecular flexibility index (Phi) is 6.03. The van der Waals surface area contributed by atoms with Crippen LogP contribution in [0.5, 0.6) is 0 Å². The van der Waals surface area contributed by atoms with Crippen LogP contribution < -0.4 is 0 Å². The van der Waals surface area contributed by atoms with E-state index in [1.807, 2.05) is 42.8 Å². The average molecular weight is 428 g/mol. The highest BCUT2D eigenvalue weighted by atomic mass is 16.5. The number of para-hydroxylation sites is 1. The van der Waals surface area contributed by atoms with Crippen molar-refractivity contribution in [1.82, 2.24) is 14.8 Å². The van der Waals surface area contributed by atoms with Crippen LogP contribution >= 0.6 is 0 Å². The Bertz CT molecular complexity index is 1310. The van der Waals surface area contributed by atoms with Crippen LogP contribution in [0.15, 0.2) is 60.8 Å². The number of ether oxygens (including phenoxy) is 1. The van der Waals surface area contributed by atoms with E-state index in [4.69, 9.17) is 4.74 Å². The molecule has 2 aromatic heterocycles. The van der Waals surface area contributed by atoms with Crippen LogP contribution in [0.1, 0.15) is 38.4 Å². The molecule has 2 heterocycles. The molecule has 4 rings (SSSR count). The monoisotopic (exact) mass is 427 g/mol. The molecule has 0 saturated heterocycles. The van der Waals surface area contributed by atoms with E-state index in [-0.39, 0.29) is 12.4 Å². The number of aromatic nitrogens is 3. The van der Waals surface area contributed by atoms with E-state index in [2.05, 4.69) is 41.3 Å². The number of nitrogens with zero attached hydrogens (tertiary/aromatic N) is 2. The van der Waals surface area contributed by atoms with Gasteiger partial charge in [-0.05, 0) is 38.5 Å². The van der Waals surface area contributed by atoms with E-state index in [0.29, 0.717) is 12.1 Å². The Hall–Kier alpha value is -3.93. The largest absolute Gasteiger partial charge is 0.454 e. The number of esters is 1. The van der Waals surface area contributed by atoms with Crippen LogP contribution in [0, 0.1) is 20.8 Å². The minimum atomic E-state index is -0.566. The number of rotatable bonds is 7. The molecule has 1 N–H and O–H groups in total. The molecule has 2 aromatic carbocycles. The van der Waals surface area contributed by atoms with Gasteiger partial charge in [0.1, 0.15) is 0 Å². The first-order chi connectivity index (χ1) is 15.4. The number of H-pyrrole nitrogens is 1. The summed E-state index contributed by atoms with van der Waals surface area (Å²) in [5.74, 6) is -0.814. The number of nitrogens with one attached hydrogen (secondary N) is 1. The third kappa shape index (κ3) is 4.54. The van der Waals surface area contributed by atoms with Crippen molar-refractivity contribution < 1.29 is 14.3 Å². The van der Waals surface area contributed by atoms with E-state index in [9.17, 15) is 9.59 Å². The maximum atomic E-state index is 12.5. The zero-order chi connectivity index (χ0) is 22.7. The van der Waals surface area contributed by atoms with E-state index in [1.54, 1.807) is 12.3 Å². The van der Waals surface area contributed by atoms with E-state index in [0.717, 1.165) is 33.4 Å². The highest BCUT2D eigenvalue weighted by molar-refractivity contribution is 6.09. The molecule has 6 heteroatoms. The first-order valence-electron chi connectivity index (χ1n) is 10.5. The molecule has 0 aliphatic carbocycles. The summed E-state index contributed by atoms with van der Waals surface area (Å²) < 4.78 is 7.10. The number of aryl methyl sites for hydroxylation is 2. The van der Waals surface area contributed by atoms with Crippen molar-refractivity contribution in [3.05, 3.63) is 94.4 Å². The first kappa shape index (κ1) is 21.3. The number of carbonyl (C=O) groups excluding carboxylic acids is 2. The standard InChI is InChI=1S/C26H25N3O3/c1-17-8-10-20(11-9-17)15-29-19(3)21(18(2)28-29)12-13-26(31)32-16-25(30)23-14-27-24-7-5-4-6-22(23)24/h4-14,27H,15-16H2,1-3H3/b13-12+. The molecule has 0 unspecified atom stereocenters. The van der Waals surface area contributed by atoms with E-state index < -0.39 is 5.97 Å². The van der Waals surface area contributed by atoms with Crippen molar-refractivity contribution in [3.8, 4) is 0 Å². The molecule has 32 heavy (non-hydrogen) atoms. The Balaban J connectivity index is 1.39. The fourth-order valence-electron chi connectivity index (χ4n) is 3.69. The summed E-state index contributed by atoms with van der Waals surface area (Å²) in [6, 6.07) is 15.8. The zero-order valence-electron chi connectivity index (χ0n) is 18.4. The maximum Gasteiger partial charge on any atom is 0.331 e. The summed E-state index contributed by atoms with van der Waals surface area (Å²) in [6.07, 6.45) is 4.68. The number of benzene rings is 2. The lowest BCUT2D eigenvalue weighted by Crippen LogP contribution is -2.12. The highest BCUT2D eigenvalue weighted by Gasteiger charge is 2.14. The molecule has 0 fully saturated rings. The summed E-state index contributed by atoms with van der Waals surface area (Å²) in [7, 11) is 0. The summed E-state index contributed by atoms with van der Waals surface area (Å²) in [5.41, 5.74) is 6.42. The minimum absolute atomic E-state index is 0.248. The normalized spacial score (nSPS) is 11.3. The van der Waals surface area contributed by atoms with Crippen LogP contribution in [0.4, 0.5) is 0 Å². The molecule has 0 amide bonds. The van der Waals surface area contributed by atoms with Crippen LogP contribution in [-0.4, -0.2) is 33.1 Å². The maximum absolute atomic E-state index is 12.5. The molecule has 0 spiro atoms. The minimum Gasteiger partial charge on any atom is -0.454 e. The zero-order valence-corrected chi connectivity index (χ0v) is 18.4. The lowest BCUT2D eigenvalue weighted by atomic mass is 10.1. The molecule has 162 valence electrons. The van der Waals surface area contributed by atoms with Gasteiger partial charge in [-0.3, -0.25) is 9.48 Å². The second-order valence-corrected chi connectivity index (χ2v) is 7.84. The molecule has 0 radical (unpaired) electrons. The fraction of sp³-hybridized carbons (Fsp3) is 0.192. The van der Waals surface area contributed by atoms with Crippen molar-refractivity contribution in [1.29, 1.82) is 0 Å². The molecular weight excluding hydrogens is 402 g/mol. The van der Waals surface area contributed by atoms with Gasteiger partial charge < -0.3 is 9.72 Å². The first-order valence-corrected chi connectivity index (χ1v) is 10.5. The van der Waals surface area contributed by atoms with Gasteiger partial charge in [0.25, 0.3) is 0 Å². The van der Waals surface area contributed by atoms with Gasteiger partial charge in [0.15, 0.2) is 6.61 Å². The summed E-state index contributed by atoms with van der Waals surface area (Å²) in [5, 5.41) is 5.41.